The van der Waals surface area contributed by atoms with Crippen LogP contribution in [0.5, 0.6) is 5.75 Å². The van der Waals surface area contributed by atoms with Gasteiger partial charge < -0.3 is 10.1 Å². The molecule has 0 aliphatic heterocycles. The summed E-state index contributed by atoms with van der Waals surface area (Å²) in [6.45, 7) is 4.70. The predicted molar refractivity (Wildman–Crippen MR) is 96.7 cm³/mol. The van der Waals surface area contributed by atoms with Gasteiger partial charge in [-0.3, -0.25) is 4.79 Å². The van der Waals surface area contributed by atoms with E-state index in [4.69, 9.17) is 4.74 Å². The molecule has 1 aliphatic carbocycles. The topological polar surface area (TPSA) is 51.2 Å². The molecule has 24 heavy (non-hydrogen) atoms. The molecule has 0 spiro atoms. The first kappa shape index (κ1) is 17.0. The maximum Gasteiger partial charge on any atom is 0.251 e. The molecule has 1 aromatic heterocycles. The Labute approximate surface area is 147 Å². The van der Waals surface area contributed by atoms with E-state index in [0.29, 0.717) is 24.1 Å². The molecule has 1 aromatic carbocycles. The Morgan fingerprint density at radius 2 is 2.00 bits per heavy atom. The van der Waals surface area contributed by atoms with Crippen LogP contribution < -0.4 is 10.1 Å². The zero-order chi connectivity index (χ0) is 16.9. The lowest BCUT2D eigenvalue weighted by Crippen LogP contribution is -2.23. The second-order valence-electron chi connectivity index (χ2n) is 6.56. The standard InChI is InChI=1S/C19H24N2O2S/c1-13(2)19-21-15(12-24-19)11-20-18(22)14-7-9-17(10-8-14)23-16-5-3-4-6-16/h7-10,12-13,16H,3-6,11H2,1-2H3,(H,20,22). The number of amides is 1. The highest BCUT2D eigenvalue weighted by atomic mass is 32.1. The van der Waals surface area contributed by atoms with Crippen LogP contribution in [0.25, 0.3) is 0 Å². The fourth-order valence-electron chi connectivity index (χ4n) is 2.83. The number of carbonyl (C=O) groups excluding carboxylic acids is 1. The molecule has 1 saturated carbocycles. The Hall–Kier alpha value is -1.88. The third kappa shape index (κ3) is 4.35. The molecule has 4 nitrogen and oxygen atoms in total. The van der Waals surface area contributed by atoms with Crippen molar-refractivity contribution in [2.24, 2.45) is 0 Å². The predicted octanol–water partition coefficient (Wildman–Crippen LogP) is 4.52. The Morgan fingerprint density at radius 1 is 1.29 bits per heavy atom. The van der Waals surface area contributed by atoms with Gasteiger partial charge in [0, 0.05) is 16.9 Å². The molecule has 1 fully saturated rings. The van der Waals surface area contributed by atoms with Crippen LogP contribution in [0.15, 0.2) is 29.6 Å². The van der Waals surface area contributed by atoms with E-state index in [1.54, 1.807) is 11.3 Å². The summed E-state index contributed by atoms with van der Waals surface area (Å²) in [6.07, 6.45) is 5.10. The molecule has 1 N–H and O–H groups in total. The van der Waals surface area contributed by atoms with E-state index in [-0.39, 0.29) is 5.91 Å². The third-order valence-electron chi connectivity index (χ3n) is 4.21. The molecule has 1 aliphatic rings. The molecular formula is C19H24N2O2S. The van der Waals surface area contributed by atoms with Crippen LogP contribution in [0.1, 0.15) is 66.5 Å². The smallest absolute Gasteiger partial charge is 0.251 e. The molecule has 5 heteroatoms. The first-order valence-electron chi connectivity index (χ1n) is 8.61. The lowest BCUT2D eigenvalue weighted by molar-refractivity contribution is 0.0950. The van der Waals surface area contributed by atoms with Crippen LogP contribution in [-0.2, 0) is 6.54 Å². The third-order valence-corrected chi connectivity index (χ3v) is 5.41. The number of thiazole rings is 1. The summed E-state index contributed by atoms with van der Waals surface area (Å²) >= 11 is 1.64. The van der Waals surface area contributed by atoms with Crippen LogP contribution in [0, 0.1) is 0 Å². The molecule has 0 radical (unpaired) electrons. The minimum atomic E-state index is -0.0819. The van der Waals surface area contributed by atoms with Crippen molar-refractivity contribution < 1.29 is 9.53 Å². The monoisotopic (exact) mass is 344 g/mol. The molecule has 128 valence electrons. The van der Waals surface area contributed by atoms with E-state index in [9.17, 15) is 4.79 Å². The first-order valence-corrected chi connectivity index (χ1v) is 9.49. The van der Waals surface area contributed by atoms with Gasteiger partial charge in [-0.2, -0.15) is 0 Å². The Bertz CT molecular complexity index is 673. The summed E-state index contributed by atoms with van der Waals surface area (Å²) in [5.74, 6) is 1.19. The highest BCUT2D eigenvalue weighted by Gasteiger charge is 2.16. The maximum absolute atomic E-state index is 12.2. The maximum atomic E-state index is 12.2. The fourth-order valence-corrected chi connectivity index (χ4v) is 3.66. The van der Waals surface area contributed by atoms with Gasteiger partial charge in [-0.1, -0.05) is 13.8 Å². The number of benzene rings is 1. The van der Waals surface area contributed by atoms with E-state index in [2.05, 4.69) is 24.1 Å². The second kappa shape index (κ2) is 7.79. The highest BCUT2D eigenvalue weighted by molar-refractivity contribution is 7.09. The fraction of sp³-hybridized carbons (Fsp3) is 0.474. The van der Waals surface area contributed by atoms with Crippen LogP contribution >= 0.6 is 11.3 Å². The number of aromatic nitrogens is 1. The number of nitrogens with one attached hydrogen (secondary N) is 1. The molecule has 0 atom stereocenters. The van der Waals surface area contributed by atoms with Crippen molar-refractivity contribution in [1.82, 2.24) is 10.3 Å². The van der Waals surface area contributed by atoms with Crippen LogP contribution in [0.2, 0.25) is 0 Å². The number of carbonyl (C=O) groups is 1. The lowest BCUT2D eigenvalue weighted by atomic mass is 10.2. The van der Waals surface area contributed by atoms with Crippen molar-refractivity contribution in [2.75, 3.05) is 0 Å². The average Bonchev–Trinajstić information content (AvgIpc) is 3.25. The lowest BCUT2D eigenvalue weighted by Gasteiger charge is -2.13. The van der Waals surface area contributed by atoms with Gasteiger partial charge in [-0.05, 0) is 49.9 Å². The normalized spacial score (nSPS) is 15.0. The van der Waals surface area contributed by atoms with Gasteiger partial charge in [-0.15, -0.1) is 11.3 Å². The second-order valence-corrected chi connectivity index (χ2v) is 7.45. The van der Waals surface area contributed by atoms with Crippen molar-refractivity contribution in [2.45, 2.75) is 58.1 Å². The van der Waals surface area contributed by atoms with Crippen molar-refractivity contribution >= 4 is 17.2 Å². The molecule has 0 saturated heterocycles. The van der Waals surface area contributed by atoms with Gasteiger partial charge in [0.2, 0.25) is 0 Å². The Kier molecular flexibility index (Phi) is 5.51. The number of ether oxygens (including phenoxy) is 1. The summed E-state index contributed by atoms with van der Waals surface area (Å²) in [5.41, 5.74) is 1.56. The van der Waals surface area contributed by atoms with Gasteiger partial charge in [0.15, 0.2) is 0 Å². The van der Waals surface area contributed by atoms with Gasteiger partial charge in [0.1, 0.15) is 5.75 Å². The Balaban J connectivity index is 1.52. The molecule has 2 aromatic rings. The first-order chi connectivity index (χ1) is 11.6. The summed E-state index contributed by atoms with van der Waals surface area (Å²) in [5, 5.41) is 6.04. The summed E-state index contributed by atoms with van der Waals surface area (Å²) < 4.78 is 5.92. The average molecular weight is 344 g/mol. The van der Waals surface area contributed by atoms with Crippen LogP contribution in [0.4, 0.5) is 0 Å². The summed E-state index contributed by atoms with van der Waals surface area (Å²) in [4.78, 5) is 16.8. The van der Waals surface area contributed by atoms with Crippen LogP contribution in [-0.4, -0.2) is 17.0 Å². The molecule has 1 heterocycles. The van der Waals surface area contributed by atoms with Gasteiger partial charge in [-0.25, -0.2) is 4.98 Å². The van der Waals surface area contributed by atoms with Crippen LogP contribution in [0.3, 0.4) is 0 Å². The number of nitrogens with zero attached hydrogens (tertiary/aromatic N) is 1. The molecule has 1 amide bonds. The zero-order valence-corrected chi connectivity index (χ0v) is 15.1. The summed E-state index contributed by atoms with van der Waals surface area (Å²) in [7, 11) is 0. The number of hydrogen-bond donors (Lipinski definition) is 1. The quantitative estimate of drug-likeness (QED) is 0.838. The van der Waals surface area contributed by atoms with Crippen molar-refractivity contribution in [3.8, 4) is 5.75 Å². The molecule has 0 unspecified atom stereocenters. The van der Waals surface area contributed by atoms with Gasteiger partial charge >= 0.3 is 0 Å². The van der Waals surface area contributed by atoms with E-state index in [0.717, 1.165) is 29.3 Å². The Morgan fingerprint density at radius 3 is 2.62 bits per heavy atom. The minimum Gasteiger partial charge on any atom is -0.490 e. The number of rotatable bonds is 6. The highest BCUT2D eigenvalue weighted by Crippen LogP contribution is 2.24. The molecular weight excluding hydrogens is 320 g/mol. The van der Waals surface area contributed by atoms with E-state index in [1.807, 2.05) is 29.6 Å². The van der Waals surface area contributed by atoms with Crippen molar-refractivity contribution in [3.05, 3.63) is 45.9 Å². The van der Waals surface area contributed by atoms with E-state index >= 15 is 0 Å². The number of hydrogen-bond acceptors (Lipinski definition) is 4. The molecule has 0 bridgehead atoms. The largest absolute Gasteiger partial charge is 0.490 e. The minimum absolute atomic E-state index is 0.0819. The zero-order valence-electron chi connectivity index (χ0n) is 14.2. The van der Waals surface area contributed by atoms with Gasteiger partial charge in [0.05, 0.1) is 23.4 Å². The van der Waals surface area contributed by atoms with Crippen molar-refractivity contribution in [1.29, 1.82) is 0 Å². The van der Waals surface area contributed by atoms with Crippen molar-refractivity contribution in [3.63, 3.8) is 0 Å². The molecule has 3 rings (SSSR count). The van der Waals surface area contributed by atoms with E-state index in [1.165, 1.54) is 12.8 Å². The summed E-state index contributed by atoms with van der Waals surface area (Å²) in [6, 6.07) is 7.40. The van der Waals surface area contributed by atoms with E-state index < -0.39 is 0 Å². The SMILES string of the molecule is CC(C)c1nc(CNC(=O)c2ccc(OC3CCCC3)cc2)cs1. The van der Waals surface area contributed by atoms with Gasteiger partial charge in [0.25, 0.3) is 5.91 Å².